The topological polar surface area (TPSA) is 25.8 Å². The molecule has 13 aromatic carbocycles. The Morgan fingerprint density at radius 2 is 0.514 bits per heavy atom. The van der Waals surface area contributed by atoms with Gasteiger partial charge >= 0.3 is 0 Å². The van der Waals surface area contributed by atoms with Crippen LogP contribution in [0.15, 0.2) is 243 Å². The summed E-state index contributed by atoms with van der Waals surface area (Å²) < 4.78 is 0. The average Bonchev–Trinajstić information content (AvgIpc) is 3.43. The molecule has 2 heterocycles. The van der Waals surface area contributed by atoms with Crippen LogP contribution in [-0.4, -0.2) is 9.97 Å². The fourth-order valence-electron chi connectivity index (χ4n) is 11.6. The molecule has 322 valence electrons. The van der Waals surface area contributed by atoms with Gasteiger partial charge in [-0.3, -0.25) is 0 Å². The molecule has 2 aromatic heterocycles. The highest BCUT2D eigenvalue weighted by molar-refractivity contribution is 6.27. The van der Waals surface area contributed by atoms with Crippen LogP contribution in [0.25, 0.3) is 153 Å². The lowest BCUT2D eigenvalue weighted by molar-refractivity contribution is 1.37. The van der Waals surface area contributed by atoms with Crippen molar-refractivity contribution >= 4 is 86.4 Å². The van der Waals surface area contributed by atoms with Crippen molar-refractivity contribution in [3.63, 3.8) is 0 Å². The summed E-state index contributed by atoms with van der Waals surface area (Å²) in [4.78, 5) is 11.6. The highest BCUT2D eigenvalue weighted by Crippen LogP contribution is 2.45. The lowest BCUT2D eigenvalue weighted by atomic mass is 9.89. The van der Waals surface area contributed by atoms with Crippen molar-refractivity contribution in [2.24, 2.45) is 0 Å². The summed E-state index contributed by atoms with van der Waals surface area (Å²) in [6.07, 6.45) is 0. The van der Waals surface area contributed by atoms with E-state index in [0.717, 1.165) is 66.6 Å². The fourth-order valence-corrected chi connectivity index (χ4v) is 11.6. The van der Waals surface area contributed by atoms with E-state index in [1.165, 1.54) is 86.9 Å². The van der Waals surface area contributed by atoms with Gasteiger partial charge in [0.05, 0.1) is 22.4 Å². The Hall–Kier alpha value is -9.24. The molecule has 0 radical (unpaired) electrons. The molecule has 15 aromatic rings. The van der Waals surface area contributed by atoms with Gasteiger partial charge < -0.3 is 0 Å². The predicted octanol–water partition coefficient (Wildman–Crippen LogP) is 18.6. The van der Waals surface area contributed by atoms with Gasteiger partial charge in [0.15, 0.2) is 0 Å². The summed E-state index contributed by atoms with van der Waals surface area (Å²) in [5.41, 5.74) is 15.1. The second-order valence-electron chi connectivity index (χ2n) is 18.8. The van der Waals surface area contributed by atoms with Gasteiger partial charge in [0.2, 0.25) is 0 Å². The minimum Gasteiger partial charge on any atom is -0.245 e. The minimum atomic E-state index is 0.879. The summed E-state index contributed by atoms with van der Waals surface area (Å²) in [7, 11) is 0. The lowest BCUT2D eigenvalue weighted by Crippen LogP contribution is -1.97. The Bertz CT molecular complexity index is 4210. The van der Waals surface area contributed by atoms with Crippen molar-refractivity contribution in [2.45, 2.75) is 0 Å². The van der Waals surface area contributed by atoms with Crippen molar-refractivity contribution in [3.05, 3.63) is 243 Å². The van der Waals surface area contributed by atoms with Gasteiger partial charge in [0.1, 0.15) is 0 Å². The Morgan fingerprint density at radius 3 is 0.914 bits per heavy atom. The standard InChI is InChI=1S/C68H40N2/c1-3-9-41(10-4-1)43-17-21-45(22-18-43)59-39-61(53-33-29-51-27-25-47-13-7-15-49-31-35-55(53)65(51)63(47)49)69-67-57(59)37-38-58-60(46-23-19-44(20-24-46)42-11-5-2-6-12-42)40-62(70-68(58)67)54-34-30-52-28-26-48-14-8-16-50-32-36-56(54)66(52)64(48)50/h1-40H. The van der Waals surface area contributed by atoms with Crippen molar-refractivity contribution in [3.8, 4) is 67.0 Å². The number of nitrogens with zero attached hydrogens (tertiary/aromatic N) is 2. The first-order valence-electron chi connectivity index (χ1n) is 24.1. The monoisotopic (exact) mass is 884 g/mol. The molecule has 0 aliphatic carbocycles. The lowest BCUT2D eigenvalue weighted by Gasteiger charge is -2.18. The summed E-state index contributed by atoms with van der Waals surface area (Å²) in [6.45, 7) is 0. The third-order valence-corrected chi connectivity index (χ3v) is 15.0. The average molecular weight is 885 g/mol. The van der Waals surface area contributed by atoms with E-state index < -0.39 is 0 Å². The molecule has 70 heavy (non-hydrogen) atoms. The largest absolute Gasteiger partial charge is 0.245 e. The van der Waals surface area contributed by atoms with Crippen LogP contribution >= 0.6 is 0 Å². The van der Waals surface area contributed by atoms with E-state index in [1.54, 1.807) is 0 Å². The molecule has 0 N–H and O–H groups in total. The number of fused-ring (bicyclic) bond motifs is 3. The summed E-state index contributed by atoms with van der Waals surface area (Å²) in [5, 5.41) is 17.1. The van der Waals surface area contributed by atoms with Crippen LogP contribution in [0.1, 0.15) is 0 Å². The quantitative estimate of drug-likeness (QED) is 0.156. The molecule has 2 heteroatoms. The molecule has 0 atom stereocenters. The van der Waals surface area contributed by atoms with Crippen LogP contribution in [0.3, 0.4) is 0 Å². The van der Waals surface area contributed by atoms with E-state index in [0.29, 0.717) is 0 Å². The van der Waals surface area contributed by atoms with Gasteiger partial charge in [-0.2, -0.15) is 0 Å². The van der Waals surface area contributed by atoms with Crippen LogP contribution < -0.4 is 0 Å². The molecule has 0 unspecified atom stereocenters. The SMILES string of the molecule is c1ccc(-c2ccc(-c3cc(-c4ccc5ccc6cccc7ccc4c5c67)nc4c3ccc3c(-c5ccc(-c6ccccc6)cc5)cc(-c5ccc6ccc7cccc8ccc5c6c78)nc34)cc2)cc1. The normalized spacial score (nSPS) is 12.0. The zero-order valence-electron chi connectivity index (χ0n) is 38.0. The van der Waals surface area contributed by atoms with E-state index >= 15 is 0 Å². The molecule has 0 spiro atoms. The first-order chi connectivity index (χ1) is 34.7. The number of rotatable bonds is 6. The second kappa shape index (κ2) is 15.1. The van der Waals surface area contributed by atoms with Crippen molar-refractivity contribution < 1.29 is 0 Å². The van der Waals surface area contributed by atoms with Crippen LogP contribution in [0, 0.1) is 0 Å². The molecular formula is C68H40N2. The molecular weight excluding hydrogens is 845 g/mol. The van der Waals surface area contributed by atoms with E-state index in [4.69, 9.17) is 9.97 Å². The van der Waals surface area contributed by atoms with Crippen molar-refractivity contribution in [1.82, 2.24) is 9.97 Å². The van der Waals surface area contributed by atoms with Crippen LogP contribution in [0.5, 0.6) is 0 Å². The van der Waals surface area contributed by atoms with Gasteiger partial charge in [-0.05, 0) is 121 Å². The first kappa shape index (κ1) is 38.8. The zero-order valence-corrected chi connectivity index (χ0v) is 38.0. The molecule has 2 nitrogen and oxygen atoms in total. The number of aromatic nitrogens is 2. The Morgan fingerprint density at radius 1 is 0.200 bits per heavy atom. The van der Waals surface area contributed by atoms with Crippen LogP contribution in [-0.2, 0) is 0 Å². The molecule has 15 rings (SSSR count). The van der Waals surface area contributed by atoms with Gasteiger partial charge in [-0.1, -0.05) is 231 Å². The highest BCUT2D eigenvalue weighted by atomic mass is 14.8. The molecule has 0 aliphatic rings. The van der Waals surface area contributed by atoms with Crippen molar-refractivity contribution in [1.29, 1.82) is 0 Å². The van der Waals surface area contributed by atoms with E-state index in [1.807, 2.05) is 0 Å². The number of pyridine rings is 2. The number of hydrogen-bond acceptors (Lipinski definition) is 2. The Labute approximate surface area is 404 Å². The zero-order chi connectivity index (χ0) is 45.9. The summed E-state index contributed by atoms with van der Waals surface area (Å²) in [6, 6.07) is 88.9. The highest BCUT2D eigenvalue weighted by Gasteiger charge is 2.21. The van der Waals surface area contributed by atoms with Gasteiger partial charge in [0, 0.05) is 21.9 Å². The minimum absolute atomic E-state index is 0.879. The molecule has 0 saturated carbocycles. The van der Waals surface area contributed by atoms with Crippen LogP contribution in [0.2, 0.25) is 0 Å². The summed E-state index contributed by atoms with van der Waals surface area (Å²) >= 11 is 0. The maximum Gasteiger partial charge on any atom is 0.0978 e. The van der Waals surface area contributed by atoms with Gasteiger partial charge in [-0.25, -0.2) is 9.97 Å². The van der Waals surface area contributed by atoms with E-state index in [-0.39, 0.29) is 0 Å². The third-order valence-electron chi connectivity index (χ3n) is 15.0. The number of benzene rings is 13. The molecule has 0 saturated heterocycles. The molecule has 0 aliphatic heterocycles. The Balaban J connectivity index is 1.03. The second-order valence-corrected chi connectivity index (χ2v) is 18.8. The maximum atomic E-state index is 5.80. The summed E-state index contributed by atoms with van der Waals surface area (Å²) in [5.74, 6) is 0. The first-order valence-corrected chi connectivity index (χ1v) is 24.1. The third kappa shape index (κ3) is 5.93. The van der Waals surface area contributed by atoms with Gasteiger partial charge in [0.25, 0.3) is 0 Å². The molecule has 0 fully saturated rings. The molecule has 0 bridgehead atoms. The van der Waals surface area contributed by atoms with Gasteiger partial charge in [-0.15, -0.1) is 0 Å². The van der Waals surface area contributed by atoms with E-state index in [9.17, 15) is 0 Å². The molecule has 0 amide bonds. The van der Waals surface area contributed by atoms with Crippen LogP contribution in [0.4, 0.5) is 0 Å². The number of hydrogen-bond donors (Lipinski definition) is 0. The van der Waals surface area contributed by atoms with Crippen molar-refractivity contribution in [2.75, 3.05) is 0 Å². The smallest absolute Gasteiger partial charge is 0.0978 e. The van der Waals surface area contributed by atoms with E-state index in [2.05, 4.69) is 243 Å². The Kier molecular flexibility index (Phi) is 8.39. The maximum absolute atomic E-state index is 5.80. The predicted molar refractivity (Wildman–Crippen MR) is 297 cm³/mol. The fraction of sp³-hybridized carbons (Fsp3) is 0.